The predicted molar refractivity (Wildman–Crippen MR) is 104 cm³/mol. The third kappa shape index (κ3) is 5.15. The van der Waals surface area contributed by atoms with E-state index in [0.29, 0.717) is 22.7 Å². The zero-order valence-corrected chi connectivity index (χ0v) is 16.3. The summed E-state index contributed by atoms with van der Waals surface area (Å²) < 4.78 is 6.59. The second kappa shape index (κ2) is 9.12. The first-order valence-electron chi connectivity index (χ1n) is 9.44. The predicted octanol–water partition coefficient (Wildman–Crippen LogP) is 2.48. The number of nitrogens with one attached hydrogen (secondary N) is 1. The molecule has 1 amide bonds. The number of hydrogen-bond acceptors (Lipinski definition) is 6. The summed E-state index contributed by atoms with van der Waals surface area (Å²) in [7, 11) is 0. The van der Waals surface area contributed by atoms with Gasteiger partial charge in [-0.1, -0.05) is 19.3 Å². The maximum absolute atomic E-state index is 12.3. The van der Waals surface area contributed by atoms with Crippen LogP contribution in [-0.2, 0) is 20.9 Å². The molecule has 0 saturated heterocycles. The average Bonchev–Trinajstić information content (AvgIpc) is 3.16. The van der Waals surface area contributed by atoms with E-state index in [4.69, 9.17) is 4.74 Å². The summed E-state index contributed by atoms with van der Waals surface area (Å²) in [5.41, 5.74) is -0.174. The molecular formula is C19H25N3O4S. The minimum atomic E-state index is -0.838. The first kappa shape index (κ1) is 19.5. The van der Waals surface area contributed by atoms with Gasteiger partial charge in [-0.15, -0.1) is 11.3 Å². The van der Waals surface area contributed by atoms with Crippen molar-refractivity contribution < 1.29 is 14.3 Å². The smallest absolute Gasteiger partial charge is 0.308 e. The molecule has 146 valence electrons. The van der Waals surface area contributed by atoms with Gasteiger partial charge in [-0.3, -0.25) is 19.0 Å². The lowest BCUT2D eigenvalue weighted by Gasteiger charge is -2.22. The molecule has 2 aromatic heterocycles. The number of aromatic nitrogens is 2. The van der Waals surface area contributed by atoms with Crippen LogP contribution in [0.15, 0.2) is 22.6 Å². The van der Waals surface area contributed by atoms with E-state index in [0.717, 1.165) is 12.8 Å². The monoisotopic (exact) mass is 391 g/mol. The quantitative estimate of drug-likeness (QED) is 0.732. The second-order valence-corrected chi connectivity index (χ2v) is 7.91. The van der Waals surface area contributed by atoms with E-state index in [2.05, 4.69) is 10.3 Å². The Balaban J connectivity index is 1.44. The van der Waals surface area contributed by atoms with Gasteiger partial charge in [0.2, 0.25) is 0 Å². The third-order valence-corrected chi connectivity index (χ3v) is 5.80. The van der Waals surface area contributed by atoms with Gasteiger partial charge in [0.1, 0.15) is 4.83 Å². The normalized spacial score (nSPS) is 16.2. The summed E-state index contributed by atoms with van der Waals surface area (Å²) in [5, 5.41) is 5.24. The highest BCUT2D eigenvalue weighted by Gasteiger charge is 2.20. The summed E-state index contributed by atoms with van der Waals surface area (Å²) >= 11 is 1.40. The molecular weight excluding hydrogens is 366 g/mol. The standard InChI is InChI=1S/C19H25N3O4S/c1-13(17(24)20-11-14-5-3-2-4-6-14)26-16(23)7-9-22-12-21-18-15(19(22)25)8-10-27-18/h8,10,12-14H,2-7,9,11H2,1H3,(H,20,24). The number of esters is 1. The first-order valence-corrected chi connectivity index (χ1v) is 10.3. The molecule has 1 fully saturated rings. The number of nitrogens with zero attached hydrogens (tertiary/aromatic N) is 2. The fraction of sp³-hybridized carbons (Fsp3) is 0.579. The molecule has 0 radical (unpaired) electrons. The Morgan fingerprint density at radius 3 is 2.93 bits per heavy atom. The van der Waals surface area contributed by atoms with Crippen LogP contribution >= 0.6 is 11.3 Å². The van der Waals surface area contributed by atoms with Crippen LogP contribution in [0.2, 0.25) is 0 Å². The average molecular weight is 391 g/mol. The van der Waals surface area contributed by atoms with E-state index >= 15 is 0 Å². The zero-order chi connectivity index (χ0) is 19.2. The van der Waals surface area contributed by atoms with Crippen molar-refractivity contribution >= 4 is 33.4 Å². The summed E-state index contributed by atoms with van der Waals surface area (Å²) in [6.07, 6.45) is 6.61. The molecule has 0 bridgehead atoms. The summed E-state index contributed by atoms with van der Waals surface area (Å²) in [6.45, 7) is 2.38. The van der Waals surface area contributed by atoms with Crippen LogP contribution in [0.3, 0.4) is 0 Å². The molecule has 0 aliphatic heterocycles. The Morgan fingerprint density at radius 2 is 2.15 bits per heavy atom. The minimum Gasteiger partial charge on any atom is -0.452 e. The maximum Gasteiger partial charge on any atom is 0.308 e. The van der Waals surface area contributed by atoms with Gasteiger partial charge in [0.05, 0.1) is 18.1 Å². The SMILES string of the molecule is CC(OC(=O)CCn1cnc2sccc2c1=O)C(=O)NCC1CCCCC1. The van der Waals surface area contributed by atoms with Crippen LogP contribution in [-0.4, -0.2) is 34.1 Å². The molecule has 1 aliphatic rings. The lowest BCUT2D eigenvalue weighted by molar-refractivity contribution is -0.155. The molecule has 27 heavy (non-hydrogen) atoms. The fourth-order valence-electron chi connectivity index (χ4n) is 3.35. The summed E-state index contributed by atoms with van der Waals surface area (Å²) in [4.78, 5) is 41.3. The van der Waals surface area contributed by atoms with Crippen molar-refractivity contribution in [2.45, 2.75) is 58.1 Å². The van der Waals surface area contributed by atoms with Crippen LogP contribution in [0.5, 0.6) is 0 Å². The van der Waals surface area contributed by atoms with Gasteiger partial charge in [0, 0.05) is 13.1 Å². The number of fused-ring (bicyclic) bond motifs is 1. The highest BCUT2D eigenvalue weighted by atomic mass is 32.1. The molecule has 2 aromatic rings. The van der Waals surface area contributed by atoms with Crippen LogP contribution < -0.4 is 10.9 Å². The van der Waals surface area contributed by atoms with Crippen molar-refractivity contribution in [2.24, 2.45) is 5.92 Å². The minimum absolute atomic E-state index is 0.0114. The van der Waals surface area contributed by atoms with Crippen molar-refractivity contribution in [3.63, 3.8) is 0 Å². The van der Waals surface area contributed by atoms with Crippen molar-refractivity contribution in [1.82, 2.24) is 14.9 Å². The molecule has 8 heteroatoms. The van der Waals surface area contributed by atoms with Crippen LogP contribution in [0.25, 0.3) is 10.2 Å². The highest BCUT2D eigenvalue weighted by molar-refractivity contribution is 7.16. The molecule has 1 saturated carbocycles. The molecule has 7 nitrogen and oxygen atoms in total. The number of ether oxygens (including phenoxy) is 1. The van der Waals surface area contributed by atoms with Gasteiger partial charge in [0.15, 0.2) is 6.10 Å². The van der Waals surface area contributed by atoms with Crippen LogP contribution in [0, 0.1) is 5.92 Å². The number of carbonyl (C=O) groups is 2. The third-order valence-electron chi connectivity index (χ3n) is 4.97. The van der Waals surface area contributed by atoms with Crippen molar-refractivity contribution in [2.75, 3.05) is 6.54 Å². The topological polar surface area (TPSA) is 90.3 Å². The largest absolute Gasteiger partial charge is 0.452 e. The molecule has 2 heterocycles. The Hall–Kier alpha value is -2.22. The first-order chi connectivity index (χ1) is 13.0. The zero-order valence-electron chi connectivity index (χ0n) is 15.5. The van der Waals surface area contributed by atoms with E-state index < -0.39 is 12.1 Å². The molecule has 3 rings (SSSR count). The lowest BCUT2D eigenvalue weighted by Crippen LogP contribution is -2.39. The molecule has 0 spiro atoms. The number of amides is 1. The number of carbonyl (C=O) groups excluding carboxylic acids is 2. The van der Waals surface area contributed by atoms with Gasteiger partial charge < -0.3 is 10.1 Å². The number of rotatable bonds is 7. The number of hydrogen-bond donors (Lipinski definition) is 1. The summed E-state index contributed by atoms with van der Waals surface area (Å²) in [5.74, 6) is -0.253. The van der Waals surface area contributed by atoms with E-state index in [1.54, 1.807) is 13.0 Å². The molecule has 1 aliphatic carbocycles. The van der Waals surface area contributed by atoms with Gasteiger partial charge in [-0.05, 0) is 37.1 Å². The van der Waals surface area contributed by atoms with E-state index in [9.17, 15) is 14.4 Å². The highest BCUT2D eigenvalue weighted by Crippen LogP contribution is 2.22. The molecule has 1 atom stereocenters. The van der Waals surface area contributed by atoms with E-state index in [-0.39, 0.29) is 24.4 Å². The van der Waals surface area contributed by atoms with Crippen molar-refractivity contribution in [1.29, 1.82) is 0 Å². The maximum atomic E-state index is 12.3. The fourth-order valence-corrected chi connectivity index (χ4v) is 4.08. The summed E-state index contributed by atoms with van der Waals surface area (Å²) in [6, 6.07) is 1.73. The van der Waals surface area contributed by atoms with Crippen molar-refractivity contribution in [3.8, 4) is 0 Å². The Labute approximate surface area is 161 Å². The Morgan fingerprint density at radius 1 is 1.37 bits per heavy atom. The number of aryl methyl sites for hydroxylation is 1. The van der Waals surface area contributed by atoms with Gasteiger partial charge in [-0.2, -0.15) is 0 Å². The Bertz CT molecular complexity index is 854. The van der Waals surface area contributed by atoms with E-state index in [1.807, 2.05) is 5.38 Å². The number of thiophene rings is 1. The molecule has 1 N–H and O–H groups in total. The molecule has 1 unspecified atom stereocenters. The van der Waals surface area contributed by atoms with Gasteiger partial charge in [0.25, 0.3) is 11.5 Å². The van der Waals surface area contributed by atoms with Gasteiger partial charge in [-0.25, -0.2) is 4.98 Å². The van der Waals surface area contributed by atoms with Gasteiger partial charge >= 0.3 is 5.97 Å². The van der Waals surface area contributed by atoms with Crippen LogP contribution in [0.1, 0.15) is 45.4 Å². The lowest BCUT2D eigenvalue weighted by atomic mass is 9.89. The Kier molecular flexibility index (Phi) is 6.60. The van der Waals surface area contributed by atoms with Crippen LogP contribution in [0.4, 0.5) is 0 Å². The molecule has 0 aromatic carbocycles. The van der Waals surface area contributed by atoms with Crippen molar-refractivity contribution in [3.05, 3.63) is 28.1 Å². The second-order valence-electron chi connectivity index (χ2n) is 7.01. The van der Waals surface area contributed by atoms with E-state index in [1.165, 1.54) is 41.5 Å².